The van der Waals surface area contributed by atoms with Gasteiger partial charge in [-0.1, -0.05) is 18.2 Å². The first-order valence-electron chi connectivity index (χ1n) is 11.9. The van der Waals surface area contributed by atoms with E-state index in [9.17, 15) is 49.1 Å². The van der Waals surface area contributed by atoms with Crippen LogP contribution in [0.1, 0.15) is 21.6 Å². The number of nitrogens with zero attached hydrogens (tertiary/aromatic N) is 1. The smallest absolute Gasteiger partial charge is 0.373 e. The molecular weight excluding hydrogens is 552 g/mol. The number of carbonyl (C=O) groups excluding carboxylic acids is 1. The lowest BCUT2D eigenvalue weighted by Gasteiger charge is -2.37. The quantitative estimate of drug-likeness (QED) is 0.494. The van der Waals surface area contributed by atoms with Crippen LogP contribution in [-0.2, 0) is 21.2 Å². The van der Waals surface area contributed by atoms with Crippen molar-refractivity contribution in [2.45, 2.75) is 55.4 Å². The van der Waals surface area contributed by atoms with Crippen LogP contribution < -0.4 is 4.72 Å². The molecule has 2 aromatic rings. The highest BCUT2D eigenvalue weighted by Crippen LogP contribution is 2.51. The van der Waals surface area contributed by atoms with Crippen molar-refractivity contribution in [2.24, 2.45) is 5.92 Å². The van der Waals surface area contributed by atoms with Crippen LogP contribution in [0, 0.1) is 23.4 Å². The van der Waals surface area contributed by atoms with Gasteiger partial charge in [-0.25, -0.2) is 26.3 Å². The molecule has 2 aliphatic rings. The molecule has 0 radical (unpaired) electrons. The molecule has 1 saturated carbocycles. The first-order valence-corrected chi connectivity index (χ1v) is 12.4. The van der Waals surface area contributed by atoms with E-state index in [4.69, 9.17) is 2.74 Å². The average Bonchev–Trinajstić information content (AvgIpc) is 3.20. The second-order valence-electron chi connectivity index (χ2n) is 9.08. The number of carbonyl (C=O) groups is 1. The summed E-state index contributed by atoms with van der Waals surface area (Å²) in [5, 5.41) is 10.0. The van der Waals surface area contributed by atoms with Crippen molar-refractivity contribution >= 4 is 15.9 Å². The summed E-state index contributed by atoms with van der Waals surface area (Å²) in [6, 6.07) is -0.220. The highest BCUT2D eigenvalue weighted by atomic mass is 32.2. The summed E-state index contributed by atoms with van der Waals surface area (Å²) < 4.78 is 152. The van der Waals surface area contributed by atoms with Gasteiger partial charge < -0.3 is 10.0 Å². The predicted molar refractivity (Wildman–Crippen MR) is 117 cm³/mol. The molecule has 6 nitrogen and oxygen atoms in total. The minimum atomic E-state index is -5.58. The van der Waals surface area contributed by atoms with E-state index in [0.29, 0.717) is 6.07 Å². The number of rotatable bonds is 7. The standard InChI is InChI=1S/C23H20F8N2O4S/c1-22(35,23(29,30)31)20(34)33-16-9-15(16)19(32-38(36,37)21(27)28)17(33)7-10-3-2-4-14(18(10)26)11-5-12(24)8-13(25)6-11/h2-6,8,15-17,19,21,32,35H,7,9H2,1H3/t15?,16?,17?,19?,22-/m0/s1/i9D2. The number of nitrogens with one attached hydrogen (secondary N) is 1. The van der Waals surface area contributed by atoms with Gasteiger partial charge in [-0.2, -0.15) is 22.0 Å². The first kappa shape index (κ1) is 25.5. The topological polar surface area (TPSA) is 86.7 Å². The highest BCUT2D eigenvalue weighted by Gasteiger charge is 2.66. The number of halogens is 8. The lowest BCUT2D eigenvalue weighted by atomic mass is 9.93. The van der Waals surface area contributed by atoms with Crippen molar-refractivity contribution in [1.82, 2.24) is 9.62 Å². The van der Waals surface area contributed by atoms with E-state index in [0.717, 1.165) is 24.3 Å². The fourth-order valence-corrected chi connectivity index (χ4v) is 5.26. The molecule has 1 heterocycles. The second-order valence-corrected chi connectivity index (χ2v) is 10.8. The molecule has 1 aliphatic carbocycles. The lowest BCUT2D eigenvalue weighted by Crippen LogP contribution is -2.60. The van der Waals surface area contributed by atoms with Crippen molar-refractivity contribution in [2.75, 3.05) is 0 Å². The largest absolute Gasteiger partial charge is 0.426 e. The monoisotopic (exact) mass is 574 g/mol. The SMILES string of the molecule is [2H]C1([2H])C2C(NS(=O)(=O)C(F)F)C(Cc3cccc(-c4cc(F)cc(F)c4)c3F)N(C(=O)[C@](C)(O)C(F)(F)F)C21. The maximum Gasteiger partial charge on any atom is 0.426 e. The normalized spacial score (nSPS) is 27.0. The summed E-state index contributed by atoms with van der Waals surface area (Å²) in [5.74, 6) is -11.1. The minimum Gasteiger partial charge on any atom is -0.373 e. The van der Waals surface area contributed by atoms with E-state index < -0.39 is 93.3 Å². The minimum absolute atomic E-state index is 0.0791. The third kappa shape index (κ3) is 4.98. The molecule has 1 aliphatic heterocycles. The van der Waals surface area contributed by atoms with Crippen LogP contribution in [0.25, 0.3) is 11.1 Å². The number of sulfonamides is 1. The molecule has 0 spiro atoms. The predicted octanol–water partition coefficient (Wildman–Crippen LogP) is 3.74. The summed E-state index contributed by atoms with van der Waals surface area (Å²) in [6.45, 7) is 0.0791. The van der Waals surface area contributed by atoms with Crippen molar-refractivity contribution < 1.29 is 56.2 Å². The van der Waals surface area contributed by atoms with Crippen molar-refractivity contribution in [3.63, 3.8) is 0 Å². The van der Waals surface area contributed by atoms with Crippen molar-refractivity contribution in [3.05, 3.63) is 59.4 Å². The van der Waals surface area contributed by atoms with Gasteiger partial charge >= 0.3 is 11.9 Å². The molecule has 0 bridgehead atoms. The molecule has 208 valence electrons. The summed E-state index contributed by atoms with van der Waals surface area (Å²) in [6.07, 6.45) is -8.99. The zero-order valence-electron chi connectivity index (χ0n) is 21.1. The van der Waals surface area contributed by atoms with E-state index in [1.807, 2.05) is 0 Å². The van der Waals surface area contributed by atoms with Gasteiger partial charge in [0.25, 0.3) is 15.9 Å². The first-order chi connectivity index (χ1) is 18.2. The molecule has 4 unspecified atom stereocenters. The fourth-order valence-electron chi connectivity index (χ4n) is 4.48. The molecule has 2 N–H and O–H groups in total. The van der Waals surface area contributed by atoms with Crippen LogP contribution in [-0.4, -0.2) is 60.0 Å². The maximum absolute atomic E-state index is 15.6. The van der Waals surface area contributed by atoms with Gasteiger partial charge in [-0.15, -0.1) is 0 Å². The summed E-state index contributed by atoms with van der Waals surface area (Å²) >= 11 is 0. The molecule has 4 rings (SSSR count). The molecule has 38 heavy (non-hydrogen) atoms. The summed E-state index contributed by atoms with van der Waals surface area (Å²) in [5.41, 5.74) is -5.21. The Kier molecular flexibility index (Phi) is 6.34. The van der Waals surface area contributed by atoms with E-state index in [-0.39, 0.29) is 23.0 Å². The van der Waals surface area contributed by atoms with Gasteiger partial charge in [0.1, 0.15) is 17.5 Å². The summed E-state index contributed by atoms with van der Waals surface area (Å²) in [4.78, 5) is 13.2. The van der Waals surface area contributed by atoms with Crippen LogP contribution in [0.5, 0.6) is 0 Å². The maximum atomic E-state index is 15.6. The van der Waals surface area contributed by atoms with Gasteiger partial charge in [0.05, 0.1) is 6.04 Å². The number of aliphatic hydroxyl groups is 1. The Morgan fingerprint density at radius 2 is 1.79 bits per heavy atom. The Bertz CT molecular complexity index is 1430. The number of likely N-dealkylation sites (tertiary alicyclic amines) is 1. The van der Waals surface area contributed by atoms with Crippen LogP contribution >= 0.6 is 0 Å². The number of benzene rings is 2. The molecule has 2 aromatic carbocycles. The van der Waals surface area contributed by atoms with Gasteiger partial charge in [0.15, 0.2) is 0 Å². The average molecular weight is 574 g/mol. The van der Waals surface area contributed by atoms with Crippen LogP contribution in [0.3, 0.4) is 0 Å². The zero-order valence-corrected chi connectivity index (χ0v) is 19.9. The Labute approximate surface area is 214 Å². The van der Waals surface area contributed by atoms with Crippen LogP contribution in [0.2, 0.25) is 0 Å². The molecule has 15 heteroatoms. The van der Waals surface area contributed by atoms with E-state index in [2.05, 4.69) is 0 Å². The molecule has 1 amide bonds. The van der Waals surface area contributed by atoms with Crippen molar-refractivity contribution in [3.8, 4) is 11.1 Å². The lowest BCUT2D eigenvalue weighted by molar-refractivity contribution is -0.251. The Morgan fingerprint density at radius 3 is 2.34 bits per heavy atom. The van der Waals surface area contributed by atoms with Crippen LogP contribution in [0.15, 0.2) is 36.4 Å². The number of fused-ring (bicyclic) bond motifs is 1. The van der Waals surface area contributed by atoms with Gasteiger partial charge in [0.2, 0.25) is 5.60 Å². The Morgan fingerprint density at radius 1 is 1.18 bits per heavy atom. The number of hydrogen-bond donors (Lipinski definition) is 2. The van der Waals surface area contributed by atoms with Crippen LogP contribution in [0.4, 0.5) is 35.1 Å². The van der Waals surface area contributed by atoms with Gasteiger partial charge in [-0.05, 0) is 48.9 Å². The molecule has 0 aromatic heterocycles. The number of amides is 1. The van der Waals surface area contributed by atoms with Gasteiger partial charge in [-0.3, -0.25) is 4.79 Å². The third-order valence-corrected chi connectivity index (χ3v) is 7.54. The number of alkyl halides is 5. The third-order valence-electron chi connectivity index (χ3n) is 6.47. The molecule has 1 saturated heterocycles. The van der Waals surface area contributed by atoms with E-state index in [1.165, 1.54) is 10.8 Å². The molecule has 5 atom stereocenters. The zero-order chi connectivity index (χ0) is 30.2. The van der Waals surface area contributed by atoms with E-state index >= 15 is 4.39 Å². The highest BCUT2D eigenvalue weighted by molar-refractivity contribution is 7.89. The molecular formula is C23H20F8N2O4S. The number of hydrogen-bond acceptors (Lipinski definition) is 4. The van der Waals surface area contributed by atoms with Crippen molar-refractivity contribution in [1.29, 1.82) is 0 Å². The fraction of sp³-hybridized carbons (Fsp3) is 0.435. The van der Waals surface area contributed by atoms with E-state index in [1.54, 1.807) is 0 Å². The molecule has 2 fully saturated rings. The van der Waals surface area contributed by atoms with Gasteiger partial charge in [0, 0.05) is 26.5 Å². The summed E-state index contributed by atoms with van der Waals surface area (Å²) in [7, 11) is -5.50. The Hall–Kier alpha value is -2.78. The number of piperidine rings is 1. The second kappa shape index (κ2) is 9.45. The Balaban J connectivity index is 1.82.